The van der Waals surface area contributed by atoms with Crippen LogP contribution in [0, 0.1) is 23.3 Å². The molecule has 4 rings (SSSR count). The van der Waals surface area contributed by atoms with Gasteiger partial charge in [-0.3, -0.25) is 0 Å². The Morgan fingerprint density at radius 2 is 1.86 bits per heavy atom. The molecule has 2 heterocycles. The van der Waals surface area contributed by atoms with Crippen molar-refractivity contribution < 1.29 is 30.7 Å². The second-order valence-electron chi connectivity index (χ2n) is 8.13. The Balaban J connectivity index is 1.72. The molecule has 0 spiro atoms. The molecule has 0 aliphatic carbocycles. The van der Waals surface area contributed by atoms with Gasteiger partial charge in [0.1, 0.15) is 0 Å². The normalized spacial score (nSPS) is 16.6. The van der Waals surface area contributed by atoms with Crippen molar-refractivity contribution in [3.63, 3.8) is 0 Å². The Bertz CT molecular complexity index is 1340. The Labute approximate surface area is 205 Å². The molecule has 0 N–H and O–H groups in total. The van der Waals surface area contributed by atoms with Gasteiger partial charge in [0.25, 0.3) is 0 Å². The Kier molecular flexibility index (Phi) is 7.74. The molecule has 1 aliphatic heterocycles. The summed E-state index contributed by atoms with van der Waals surface area (Å²) in [6.45, 7) is 5.21. The van der Waals surface area contributed by atoms with Crippen LogP contribution in [0.4, 0.5) is 17.6 Å². The minimum absolute atomic E-state index is 0.0803. The maximum atomic E-state index is 14.2. The third-order valence-corrected chi connectivity index (χ3v) is 9.04. The van der Waals surface area contributed by atoms with Gasteiger partial charge >= 0.3 is 0 Å². The fourth-order valence-corrected chi connectivity index (χ4v) is 6.57. The van der Waals surface area contributed by atoms with Crippen LogP contribution in [0.15, 0.2) is 34.3 Å². The zero-order valence-corrected chi connectivity index (χ0v) is 20.9. The van der Waals surface area contributed by atoms with E-state index in [9.17, 15) is 26.0 Å². The largest absolute Gasteiger partial charge is 0.376 e. The average molecular weight is 532 g/mol. The van der Waals surface area contributed by atoms with Crippen molar-refractivity contribution in [3.8, 4) is 0 Å². The molecule has 3 aromatic rings. The first-order valence-corrected chi connectivity index (χ1v) is 13.7. The van der Waals surface area contributed by atoms with E-state index in [-0.39, 0.29) is 22.3 Å². The SMILES string of the molecule is CCN(CC)S(=O)(=O)c1ccc2c(c1)nc(SCc1cc(F)c(F)c(F)c1F)n2C[C@H]1CCCO1. The minimum atomic E-state index is -3.71. The summed E-state index contributed by atoms with van der Waals surface area (Å²) in [5.41, 5.74) is 0.723. The second kappa shape index (κ2) is 10.5. The van der Waals surface area contributed by atoms with Gasteiger partial charge < -0.3 is 9.30 Å². The lowest BCUT2D eigenvalue weighted by atomic mass is 10.2. The van der Waals surface area contributed by atoms with Crippen molar-refractivity contribution in [3.05, 3.63) is 53.1 Å². The fourth-order valence-electron chi connectivity index (χ4n) is 4.11. The van der Waals surface area contributed by atoms with E-state index in [1.54, 1.807) is 19.9 Å². The van der Waals surface area contributed by atoms with Gasteiger partial charge in [-0.25, -0.2) is 31.0 Å². The Morgan fingerprint density at radius 3 is 2.51 bits per heavy atom. The summed E-state index contributed by atoms with van der Waals surface area (Å²) in [6.07, 6.45) is 1.66. The molecule has 12 heteroatoms. The van der Waals surface area contributed by atoms with Crippen LogP contribution in [0.25, 0.3) is 11.0 Å². The number of imidazole rings is 1. The van der Waals surface area contributed by atoms with E-state index >= 15 is 0 Å². The van der Waals surface area contributed by atoms with Crippen LogP contribution >= 0.6 is 11.8 Å². The first kappa shape index (κ1) is 25.9. The van der Waals surface area contributed by atoms with Crippen LogP contribution in [0.5, 0.6) is 0 Å². The summed E-state index contributed by atoms with van der Waals surface area (Å²) in [7, 11) is -3.71. The third-order valence-electron chi connectivity index (χ3n) is 5.97. The maximum absolute atomic E-state index is 14.2. The molecule has 1 fully saturated rings. The highest BCUT2D eigenvalue weighted by molar-refractivity contribution is 7.98. The molecule has 0 amide bonds. The quantitative estimate of drug-likeness (QED) is 0.167. The number of benzene rings is 2. The van der Waals surface area contributed by atoms with E-state index in [0.29, 0.717) is 48.5 Å². The lowest BCUT2D eigenvalue weighted by Crippen LogP contribution is -2.30. The van der Waals surface area contributed by atoms with Crippen molar-refractivity contribution in [2.75, 3.05) is 19.7 Å². The van der Waals surface area contributed by atoms with E-state index < -0.39 is 33.3 Å². The predicted molar refractivity (Wildman–Crippen MR) is 125 cm³/mol. The molecular weight excluding hydrogens is 506 g/mol. The molecule has 1 aliphatic rings. The highest BCUT2D eigenvalue weighted by atomic mass is 32.2. The molecule has 0 unspecified atom stereocenters. The zero-order chi connectivity index (χ0) is 25.3. The predicted octanol–water partition coefficient (Wildman–Crippen LogP) is 5.09. The van der Waals surface area contributed by atoms with E-state index in [1.807, 2.05) is 4.57 Å². The summed E-state index contributed by atoms with van der Waals surface area (Å²) < 4.78 is 89.7. The zero-order valence-electron chi connectivity index (χ0n) is 19.2. The van der Waals surface area contributed by atoms with Gasteiger partial charge in [0.05, 0.1) is 28.6 Å². The molecule has 6 nitrogen and oxygen atoms in total. The summed E-state index contributed by atoms with van der Waals surface area (Å²) in [4.78, 5) is 4.65. The third kappa shape index (κ3) is 5.07. The van der Waals surface area contributed by atoms with E-state index in [1.165, 1.54) is 16.4 Å². The summed E-state index contributed by atoms with van der Waals surface area (Å²) in [5.74, 6) is -6.85. The number of thioether (sulfide) groups is 1. The number of fused-ring (bicyclic) bond motifs is 1. The van der Waals surface area contributed by atoms with Gasteiger partial charge in [0.2, 0.25) is 10.0 Å². The Hall–Kier alpha value is -2.15. The highest BCUT2D eigenvalue weighted by Gasteiger charge is 2.25. The van der Waals surface area contributed by atoms with Crippen molar-refractivity contribution in [2.24, 2.45) is 0 Å². The van der Waals surface area contributed by atoms with Crippen LogP contribution in [0.1, 0.15) is 32.3 Å². The smallest absolute Gasteiger partial charge is 0.243 e. The second-order valence-corrected chi connectivity index (χ2v) is 11.0. The van der Waals surface area contributed by atoms with E-state index in [4.69, 9.17) is 4.74 Å². The molecular formula is C23H25F4N3O3S2. The number of rotatable bonds is 9. The van der Waals surface area contributed by atoms with Gasteiger partial charge in [-0.2, -0.15) is 4.31 Å². The molecule has 0 bridgehead atoms. The van der Waals surface area contributed by atoms with Crippen LogP contribution in [-0.4, -0.2) is 48.1 Å². The number of ether oxygens (including phenoxy) is 1. The summed E-state index contributed by atoms with van der Waals surface area (Å²) >= 11 is 1.02. The lowest BCUT2D eigenvalue weighted by Gasteiger charge is -2.18. The average Bonchev–Trinajstić information content (AvgIpc) is 3.47. The summed E-state index contributed by atoms with van der Waals surface area (Å²) in [6, 6.07) is 5.29. The fraction of sp³-hybridized carbons (Fsp3) is 0.435. The number of nitrogens with zero attached hydrogens (tertiary/aromatic N) is 3. The van der Waals surface area contributed by atoms with Crippen molar-refractivity contribution >= 4 is 32.8 Å². The number of sulfonamides is 1. The van der Waals surface area contributed by atoms with Crippen molar-refractivity contribution in [1.82, 2.24) is 13.9 Å². The molecule has 190 valence electrons. The Morgan fingerprint density at radius 1 is 1.11 bits per heavy atom. The van der Waals surface area contributed by atoms with Crippen LogP contribution < -0.4 is 0 Å². The summed E-state index contributed by atoms with van der Waals surface area (Å²) in [5, 5.41) is 0.400. The van der Waals surface area contributed by atoms with Crippen molar-refractivity contribution in [1.29, 1.82) is 0 Å². The van der Waals surface area contributed by atoms with Gasteiger partial charge in [-0.1, -0.05) is 25.6 Å². The molecule has 2 aromatic carbocycles. The van der Waals surface area contributed by atoms with Crippen molar-refractivity contribution in [2.45, 2.75) is 55.1 Å². The highest BCUT2D eigenvalue weighted by Crippen LogP contribution is 2.32. The monoisotopic (exact) mass is 531 g/mol. The van der Waals surface area contributed by atoms with Crippen LogP contribution in [0.3, 0.4) is 0 Å². The minimum Gasteiger partial charge on any atom is -0.376 e. The van der Waals surface area contributed by atoms with Gasteiger partial charge in [0.15, 0.2) is 28.4 Å². The van der Waals surface area contributed by atoms with Gasteiger partial charge in [0, 0.05) is 31.0 Å². The molecule has 1 atom stereocenters. The number of halogens is 4. The van der Waals surface area contributed by atoms with Gasteiger partial charge in [-0.05, 0) is 37.1 Å². The number of hydrogen-bond acceptors (Lipinski definition) is 5. The molecule has 35 heavy (non-hydrogen) atoms. The topological polar surface area (TPSA) is 64.4 Å². The van der Waals surface area contributed by atoms with E-state index in [0.717, 1.165) is 24.6 Å². The van der Waals surface area contributed by atoms with Crippen LogP contribution in [0.2, 0.25) is 0 Å². The maximum Gasteiger partial charge on any atom is 0.243 e. The molecule has 0 saturated carbocycles. The standard InChI is InChI=1S/C23H25F4N3O3S2/c1-3-29(4-2)35(31,32)16-7-8-19-18(11-16)28-23(30(19)12-15-6-5-9-33-15)34-13-14-10-17(24)21(26)22(27)20(14)25/h7-8,10-11,15H,3-6,9,12-13H2,1-2H3/t15-/m1/s1. The first-order valence-electron chi connectivity index (χ1n) is 11.2. The molecule has 0 radical (unpaired) electrons. The van der Waals surface area contributed by atoms with E-state index in [2.05, 4.69) is 4.98 Å². The molecule has 1 aromatic heterocycles. The number of hydrogen-bond donors (Lipinski definition) is 0. The first-order chi connectivity index (χ1) is 16.7. The van der Waals surface area contributed by atoms with Crippen LogP contribution in [-0.2, 0) is 27.1 Å². The number of aromatic nitrogens is 2. The lowest BCUT2D eigenvalue weighted by molar-refractivity contribution is 0.0960. The molecule has 1 saturated heterocycles. The van der Waals surface area contributed by atoms with Gasteiger partial charge in [-0.15, -0.1) is 0 Å².